The third kappa shape index (κ3) is 3.12. The predicted molar refractivity (Wildman–Crippen MR) is 106 cm³/mol. The zero-order chi connectivity index (χ0) is 19.1. The molecule has 0 spiro atoms. The van der Waals surface area contributed by atoms with Crippen LogP contribution in [0.3, 0.4) is 0 Å². The Labute approximate surface area is 167 Å². The second-order valence-corrected chi connectivity index (χ2v) is 7.72. The van der Waals surface area contributed by atoms with Gasteiger partial charge >= 0.3 is 0 Å². The van der Waals surface area contributed by atoms with Crippen LogP contribution in [0.2, 0.25) is 0 Å². The number of aryl methyl sites for hydroxylation is 1. The molecule has 1 aliphatic heterocycles. The molecule has 1 aliphatic rings. The lowest BCUT2D eigenvalue weighted by atomic mass is 10.1. The molecule has 0 fully saturated rings. The van der Waals surface area contributed by atoms with Crippen molar-refractivity contribution < 1.29 is 14.3 Å². The van der Waals surface area contributed by atoms with E-state index in [4.69, 9.17) is 9.47 Å². The summed E-state index contributed by atoms with van der Waals surface area (Å²) in [5.74, 6) is 1.12. The fraction of sp³-hybridized carbons (Fsp3) is 0.111. The van der Waals surface area contributed by atoms with E-state index in [1.54, 1.807) is 16.3 Å². The van der Waals surface area contributed by atoms with E-state index in [2.05, 4.69) is 20.4 Å². The van der Waals surface area contributed by atoms with Gasteiger partial charge in [-0.25, -0.2) is 9.97 Å². The van der Waals surface area contributed by atoms with Crippen LogP contribution in [-0.2, 0) is 7.05 Å². The van der Waals surface area contributed by atoms with Crippen LogP contribution in [-0.4, -0.2) is 32.4 Å². The van der Waals surface area contributed by atoms with Gasteiger partial charge in [0.1, 0.15) is 10.7 Å². The molecular weight excluding hydrogens is 398 g/mol. The Kier molecular flexibility index (Phi) is 4.06. The van der Waals surface area contributed by atoms with Gasteiger partial charge in [0.05, 0.1) is 11.9 Å². The smallest absolute Gasteiger partial charge is 0.276 e. The fourth-order valence-electron chi connectivity index (χ4n) is 2.72. The third-order valence-corrected chi connectivity index (χ3v) is 5.73. The van der Waals surface area contributed by atoms with Crippen molar-refractivity contribution in [1.29, 1.82) is 0 Å². The fourth-order valence-corrected chi connectivity index (χ4v) is 4.21. The minimum atomic E-state index is -0.294. The maximum absolute atomic E-state index is 12.5. The predicted octanol–water partition coefficient (Wildman–Crippen LogP) is 3.65. The molecule has 4 aromatic rings. The van der Waals surface area contributed by atoms with Gasteiger partial charge in [-0.15, -0.1) is 22.7 Å². The lowest BCUT2D eigenvalue weighted by molar-refractivity contribution is 0.102. The molecule has 3 aromatic heterocycles. The van der Waals surface area contributed by atoms with Crippen LogP contribution in [0, 0.1) is 0 Å². The van der Waals surface area contributed by atoms with Crippen molar-refractivity contribution >= 4 is 33.7 Å². The summed E-state index contributed by atoms with van der Waals surface area (Å²) in [6.45, 7) is 0.228. The maximum atomic E-state index is 12.5. The first-order valence-electron chi connectivity index (χ1n) is 8.27. The Balaban J connectivity index is 1.32. The first-order valence-corrected chi connectivity index (χ1v) is 10.0. The monoisotopic (exact) mass is 411 g/mol. The molecule has 8 nitrogen and oxygen atoms in total. The molecule has 1 N–H and O–H groups in total. The molecule has 1 amide bonds. The first kappa shape index (κ1) is 16.9. The highest BCUT2D eigenvalue weighted by Crippen LogP contribution is 2.36. The highest BCUT2D eigenvalue weighted by atomic mass is 32.1. The van der Waals surface area contributed by atoms with Crippen molar-refractivity contribution in [1.82, 2.24) is 19.7 Å². The Morgan fingerprint density at radius 3 is 2.89 bits per heavy atom. The number of amides is 1. The molecule has 5 rings (SSSR count). The van der Waals surface area contributed by atoms with Gasteiger partial charge in [0, 0.05) is 35.1 Å². The molecule has 10 heteroatoms. The summed E-state index contributed by atoms with van der Waals surface area (Å²) in [6, 6.07) is 5.64. The molecule has 0 bridgehead atoms. The Morgan fingerprint density at radius 2 is 2.04 bits per heavy atom. The van der Waals surface area contributed by atoms with Crippen molar-refractivity contribution in [2.24, 2.45) is 7.05 Å². The number of fused-ring (bicyclic) bond motifs is 1. The van der Waals surface area contributed by atoms with Gasteiger partial charge in [-0.2, -0.15) is 5.10 Å². The number of thiazole rings is 2. The van der Waals surface area contributed by atoms with Gasteiger partial charge in [0.15, 0.2) is 16.6 Å². The van der Waals surface area contributed by atoms with E-state index >= 15 is 0 Å². The summed E-state index contributed by atoms with van der Waals surface area (Å²) in [5, 5.41) is 11.8. The average Bonchev–Trinajstić information content (AvgIpc) is 3.47. The molecule has 4 heterocycles. The van der Waals surface area contributed by atoms with Gasteiger partial charge < -0.3 is 9.47 Å². The van der Waals surface area contributed by atoms with Gasteiger partial charge in [0.25, 0.3) is 5.91 Å². The summed E-state index contributed by atoms with van der Waals surface area (Å²) >= 11 is 2.75. The minimum Gasteiger partial charge on any atom is -0.454 e. The van der Waals surface area contributed by atoms with Gasteiger partial charge in [-0.1, -0.05) is 0 Å². The van der Waals surface area contributed by atoms with Crippen molar-refractivity contribution in [3.8, 4) is 33.3 Å². The minimum absolute atomic E-state index is 0.228. The number of ether oxygens (including phenoxy) is 2. The second-order valence-electron chi connectivity index (χ2n) is 6.00. The van der Waals surface area contributed by atoms with E-state index < -0.39 is 0 Å². The highest BCUT2D eigenvalue weighted by Gasteiger charge is 2.17. The zero-order valence-corrected chi connectivity index (χ0v) is 16.2. The first-order chi connectivity index (χ1) is 13.7. The van der Waals surface area contributed by atoms with Crippen LogP contribution in [0.5, 0.6) is 11.5 Å². The standard InChI is InChI=1S/C18H13N5O3S2/c1-23-6-11(5-19-23)17-20-13(8-27-17)16(24)22-18-21-12(7-28-18)10-2-3-14-15(4-10)26-9-25-14/h2-8H,9H2,1H3,(H,21,22,24). The number of carbonyl (C=O) groups excluding carboxylic acids is 1. The number of hydrogen-bond donors (Lipinski definition) is 1. The molecule has 0 saturated carbocycles. The summed E-state index contributed by atoms with van der Waals surface area (Å²) in [7, 11) is 1.84. The van der Waals surface area contributed by atoms with Crippen molar-refractivity contribution in [3.05, 3.63) is 47.0 Å². The van der Waals surface area contributed by atoms with Crippen LogP contribution < -0.4 is 14.8 Å². The number of hydrogen-bond acceptors (Lipinski definition) is 8. The summed E-state index contributed by atoms with van der Waals surface area (Å²) in [4.78, 5) is 21.4. The van der Waals surface area contributed by atoms with E-state index in [1.165, 1.54) is 22.7 Å². The number of carbonyl (C=O) groups is 1. The summed E-state index contributed by atoms with van der Waals surface area (Å²) in [5.41, 5.74) is 2.89. The van der Waals surface area contributed by atoms with Crippen molar-refractivity contribution in [2.45, 2.75) is 0 Å². The quantitative estimate of drug-likeness (QED) is 0.551. The van der Waals surface area contributed by atoms with Crippen molar-refractivity contribution in [3.63, 3.8) is 0 Å². The lowest BCUT2D eigenvalue weighted by Crippen LogP contribution is -2.12. The SMILES string of the molecule is Cn1cc(-c2nc(C(=O)Nc3nc(-c4ccc5c(c4)OCO5)cs3)cs2)cn1. The molecule has 1 aromatic carbocycles. The molecule has 0 saturated heterocycles. The number of nitrogens with one attached hydrogen (secondary N) is 1. The van der Waals surface area contributed by atoms with E-state index in [1.807, 2.05) is 36.8 Å². The number of rotatable bonds is 4. The Hall–Kier alpha value is -3.24. The largest absolute Gasteiger partial charge is 0.454 e. The van der Waals surface area contributed by atoms with Gasteiger partial charge in [-0.05, 0) is 18.2 Å². The highest BCUT2D eigenvalue weighted by molar-refractivity contribution is 7.14. The number of anilines is 1. The van der Waals surface area contributed by atoms with Crippen LogP contribution >= 0.6 is 22.7 Å². The molecule has 140 valence electrons. The van der Waals surface area contributed by atoms with E-state index in [0.717, 1.165) is 27.6 Å². The van der Waals surface area contributed by atoms with E-state index in [0.29, 0.717) is 16.6 Å². The number of aromatic nitrogens is 4. The van der Waals surface area contributed by atoms with Crippen LogP contribution in [0.1, 0.15) is 10.5 Å². The van der Waals surface area contributed by atoms with Crippen LogP contribution in [0.25, 0.3) is 21.8 Å². The van der Waals surface area contributed by atoms with E-state index in [9.17, 15) is 4.79 Å². The third-order valence-electron chi connectivity index (χ3n) is 4.08. The second kappa shape index (κ2) is 6.73. The van der Waals surface area contributed by atoms with E-state index in [-0.39, 0.29) is 12.7 Å². The number of nitrogens with zero attached hydrogens (tertiary/aromatic N) is 4. The molecule has 0 radical (unpaired) electrons. The molecule has 0 aliphatic carbocycles. The molecule has 0 atom stereocenters. The Bertz CT molecular complexity index is 1180. The van der Waals surface area contributed by atoms with Crippen molar-refractivity contribution in [2.75, 3.05) is 12.1 Å². The maximum Gasteiger partial charge on any atom is 0.276 e. The molecule has 28 heavy (non-hydrogen) atoms. The normalized spacial score (nSPS) is 12.3. The van der Waals surface area contributed by atoms with Gasteiger partial charge in [0.2, 0.25) is 6.79 Å². The topological polar surface area (TPSA) is 91.2 Å². The molecule has 0 unspecified atom stereocenters. The summed E-state index contributed by atoms with van der Waals surface area (Å²) in [6.07, 6.45) is 3.58. The Morgan fingerprint density at radius 1 is 1.14 bits per heavy atom. The van der Waals surface area contributed by atoms with Crippen LogP contribution in [0.15, 0.2) is 41.4 Å². The van der Waals surface area contributed by atoms with Gasteiger partial charge in [-0.3, -0.25) is 14.8 Å². The number of benzene rings is 1. The zero-order valence-electron chi connectivity index (χ0n) is 14.6. The van der Waals surface area contributed by atoms with Crippen LogP contribution in [0.4, 0.5) is 5.13 Å². The molecular formula is C18H13N5O3S2. The summed E-state index contributed by atoms with van der Waals surface area (Å²) < 4.78 is 12.4. The average molecular weight is 411 g/mol. The lowest BCUT2D eigenvalue weighted by Gasteiger charge is -2.00.